The Labute approximate surface area is 139 Å². The van der Waals surface area contributed by atoms with E-state index in [-0.39, 0.29) is 16.9 Å². The van der Waals surface area contributed by atoms with Crippen molar-refractivity contribution in [1.82, 2.24) is 0 Å². The normalized spacial score (nSPS) is 10.1. The molecule has 24 heavy (non-hydrogen) atoms. The highest BCUT2D eigenvalue weighted by molar-refractivity contribution is 6.02. The predicted octanol–water partition coefficient (Wildman–Crippen LogP) is 2.76. The molecule has 0 aromatic heterocycles. The van der Waals surface area contributed by atoms with E-state index in [0.717, 1.165) is 5.56 Å². The number of rotatable bonds is 6. The second-order valence-corrected chi connectivity index (χ2v) is 5.09. The third-order valence-electron chi connectivity index (χ3n) is 3.41. The van der Waals surface area contributed by atoms with Crippen LogP contribution in [-0.4, -0.2) is 37.7 Å². The molecule has 0 atom stereocenters. The number of carbonyl (C=O) groups excluding carboxylic acids is 2. The van der Waals surface area contributed by atoms with Gasteiger partial charge in [0.25, 0.3) is 0 Å². The average Bonchev–Trinajstić information content (AvgIpc) is 2.58. The number of phenols is 1. The minimum atomic E-state index is -0.775. The first kappa shape index (κ1) is 17.3. The molecule has 0 aliphatic heterocycles. The van der Waals surface area contributed by atoms with Crippen molar-refractivity contribution in [2.24, 2.45) is 0 Å². The van der Waals surface area contributed by atoms with Gasteiger partial charge in [-0.1, -0.05) is 6.07 Å². The fourth-order valence-electron chi connectivity index (χ4n) is 2.13. The Hall–Kier alpha value is -3.02. The number of benzene rings is 2. The lowest BCUT2D eigenvalue weighted by Crippen LogP contribution is -2.15. The molecule has 2 aromatic carbocycles. The molecule has 2 aromatic rings. The molecular weight excluding hydrogens is 312 g/mol. The van der Waals surface area contributed by atoms with E-state index in [2.05, 4.69) is 0 Å². The fraction of sp³-hybridized carbons (Fsp3) is 0.222. The van der Waals surface area contributed by atoms with Crippen LogP contribution in [0.4, 0.5) is 0 Å². The Bertz CT molecular complexity index is 766. The summed E-state index contributed by atoms with van der Waals surface area (Å²) in [5, 5.41) is 9.77. The van der Waals surface area contributed by atoms with Gasteiger partial charge in [-0.3, -0.25) is 4.79 Å². The predicted molar refractivity (Wildman–Crippen MR) is 87.0 cm³/mol. The second kappa shape index (κ2) is 7.50. The Balaban J connectivity index is 2.11. The Kier molecular flexibility index (Phi) is 5.42. The molecule has 1 N–H and O–H groups in total. The van der Waals surface area contributed by atoms with Crippen LogP contribution in [0.2, 0.25) is 0 Å². The van der Waals surface area contributed by atoms with Gasteiger partial charge >= 0.3 is 5.97 Å². The van der Waals surface area contributed by atoms with Crippen molar-refractivity contribution in [1.29, 1.82) is 0 Å². The maximum Gasteiger partial charge on any atom is 0.342 e. The molecule has 0 fully saturated rings. The van der Waals surface area contributed by atoms with E-state index in [4.69, 9.17) is 14.2 Å². The zero-order chi connectivity index (χ0) is 17.7. The number of esters is 1. The molecule has 0 radical (unpaired) electrons. The van der Waals surface area contributed by atoms with E-state index >= 15 is 0 Å². The van der Waals surface area contributed by atoms with Gasteiger partial charge in [0.1, 0.15) is 22.8 Å². The van der Waals surface area contributed by atoms with Crippen LogP contribution in [0.5, 0.6) is 17.2 Å². The van der Waals surface area contributed by atoms with Crippen LogP contribution in [0.1, 0.15) is 26.3 Å². The number of carbonyl (C=O) groups is 2. The molecule has 0 amide bonds. The summed E-state index contributed by atoms with van der Waals surface area (Å²) in [5.41, 5.74) is 1.06. The third kappa shape index (κ3) is 3.84. The van der Waals surface area contributed by atoms with Gasteiger partial charge in [0.15, 0.2) is 6.61 Å². The lowest BCUT2D eigenvalue weighted by atomic mass is 10.1. The third-order valence-corrected chi connectivity index (χ3v) is 3.41. The molecule has 0 aliphatic carbocycles. The first-order valence-electron chi connectivity index (χ1n) is 7.18. The topological polar surface area (TPSA) is 82.1 Å². The number of phenolic OH excluding ortho intramolecular Hbond substituents is 1. The highest BCUT2D eigenvalue weighted by atomic mass is 16.5. The number of ketones is 1. The molecular formula is C18H18O6. The number of aromatic hydroxyl groups is 1. The van der Waals surface area contributed by atoms with Crippen molar-refractivity contribution in [3.05, 3.63) is 53.1 Å². The lowest BCUT2D eigenvalue weighted by molar-refractivity contribution is 0.0471. The van der Waals surface area contributed by atoms with Crippen molar-refractivity contribution in [2.75, 3.05) is 20.8 Å². The first-order valence-corrected chi connectivity index (χ1v) is 7.18. The second-order valence-electron chi connectivity index (χ2n) is 5.09. The van der Waals surface area contributed by atoms with Gasteiger partial charge < -0.3 is 19.3 Å². The summed E-state index contributed by atoms with van der Waals surface area (Å²) in [6, 6.07) is 9.33. The van der Waals surface area contributed by atoms with Gasteiger partial charge in [-0.2, -0.15) is 0 Å². The summed E-state index contributed by atoms with van der Waals surface area (Å²) < 4.78 is 15.2. The SMILES string of the molecule is COc1ccc(OC)c(C(=O)COC(=O)c2ccc(C)cc2O)c1. The van der Waals surface area contributed by atoms with E-state index < -0.39 is 18.4 Å². The molecule has 0 spiro atoms. The van der Waals surface area contributed by atoms with Gasteiger partial charge in [0, 0.05) is 0 Å². The van der Waals surface area contributed by atoms with Crippen LogP contribution in [0, 0.1) is 6.92 Å². The number of Topliss-reactive ketones (excluding diaryl/α,β-unsaturated/α-hetero) is 1. The number of aryl methyl sites for hydroxylation is 1. The van der Waals surface area contributed by atoms with Gasteiger partial charge in [-0.05, 0) is 42.8 Å². The van der Waals surface area contributed by atoms with Crippen LogP contribution in [0.25, 0.3) is 0 Å². The van der Waals surface area contributed by atoms with Gasteiger partial charge in [0.2, 0.25) is 5.78 Å². The molecule has 0 saturated carbocycles. The summed E-state index contributed by atoms with van der Waals surface area (Å²) in [6.45, 7) is 1.31. The van der Waals surface area contributed by atoms with E-state index in [9.17, 15) is 14.7 Å². The van der Waals surface area contributed by atoms with Crippen LogP contribution < -0.4 is 9.47 Å². The largest absolute Gasteiger partial charge is 0.507 e. The highest BCUT2D eigenvalue weighted by Crippen LogP contribution is 2.25. The molecule has 6 nitrogen and oxygen atoms in total. The molecule has 6 heteroatoms. The van der Waals surface area contributed by atoms with Gasteiger partial charge in [-0.15, -0.1) is 0 Å². The minimum Gasteiger partial charge on any atom is -0.507 e. The monoisotopic (exact) mass is 330 g/mol. The van der Waals surface area contributed by atoms with Crippen LogP contribution in [0.15, 0.2) is 36.4 Å². The number of hydrogen-bond donors (Lipinski definition) is 1. The summed E-state index contributed by atoms with van der Waals surface area (Å²) >= 11 is 0. The zero-order valence-corrected chi connectivity index (χ0v) is 13.7. The molecule has 2 rings (SSSR count). The molecule has 0 unspecified atom stereocenters. The fourth-order valence-corrected chi connectivity index (χ4v) is 2.13. The highest BCUT2D eigenvalue weighted by Gasteiger charge is 2.18. The number of hydrogen-bond acceptors (Lipinski definition) is 6. The number of methoxy groups -OCH3 is 2. The molecule has 0 heterocycles. The Morgan fingerprint density at radius 2 is 1.75 bits per heavy atom. The van der Waals surface area contributed by atoms with Crippen molar-refractivity contribution < 1.29 is 28.9 Å². The smallest absolute Gasteiger partial charge is 0.342 e. The Morgan fingerprint density at radius 1 is 1.00 bits per heavy atom. The van der Waals surface area contributed by atoms with E-state index in [1.807, 2.05) is 0 Å². The summed E-state index contributed by atoms with van der Waals surface area (Å²) in [5.74, 6) is -0.559. The maximum absolute atomic E-state index is 12.3. The number of ether oxygens (including phenoxy) is 3. The average molecular weight is 330 g/mol. The first-order chi connectivity index (χ1) is 11.5. The molecule has 126 valence electrons. The molecule has 0 saturated heterocycles. The molecule has 0 aliphatic rings. The molecule has 0 bridgehead atoms. The summed E-state index contributed by atoms with van der Waals surface area (Å²) in [6.07, 6.45) is 0. The Morgan fingerprint density at radius 3 is 2.38 bits per heavy atom. The van der Waals surface area contributed by atoms with Crippen molar-refractivity contribution in [3.63, 3.8) is 0 Å². The van der Waals surface area contributed by atoms with Gasteiger partial charge in [-0.25, -0.2) is 4.79 Å². The van der Waals surface area contributed by atoms with E-state index in [1.165, 1.54) is 32.4 Å². The van der Waals surface area contributed by atoms with Gasteiger partial charge in [0.05, 0.1) is 19.8 Å². The maximum atomic E-state index is 12.3. The van der Waals surface area contributed by atoms with E-state index in [0.29, 0.717) is 11.5 Å². The summed E-state index contributed by atoms with van der Waals surface area (Å²) in [4.78, 5) is 24.3. The lowest BCUT2D eigenvalue weighted by Gasteiger charge is -2.10. The van der Waals surface area contributed by atoms with Crippen LogP contribution in [0.3, 0.4) is 0 Å². The van der Waals surface area contributed by atoms with E-state index in [1.54, 1.807) is 25.1 Å². The summed E-state index contributed by atoms with van der Waals surface area (Å²) in [7, 11) is 2.92. The minimum absolute atomic E-state index is 0.00556. The van der Waals surface area contributed by atoms with Crippen LogP contribution >= 0.6 is 0 Å². The standard InChI is InChI=1S/C18H18O6/c1-11-4-6-13(15(19)8-11)18(21)24-10-16(20)14-9-12(22-2)5-7-17(14)23-3/h4-9,19H,10H2,1-3H3. The van der Waals surface area contributed by atoms with Crippen molar-refractivity contribution in [2.45, 2.75) is 6.92 Å². The quantitative estimate of drug-likeness (QED) is 0.648. The zero-order valence-electron chi connectivity index (χ0n) is 13.7. The van der Waals surface area contributed by atoms with Crippen molar-refractivity contribution >= 4 is 11.8 Å². The van der Waals surface area contributed by atoms with Crippen LogP contribution in [-0.2, 0) is 4.74 Å². The van der Waals surface area contributed by atoms with Crippen molar-refractivity contribution in [3.8, 4) is 17.2 Å².